The summed E-state index contributed by atoms with van der Waals surface area (Å²) in [6.07, 6.45) is 0. The molecule has 0 aliphatic rings. The van der Waals surface area contributed by atoms with Crippen LogP contribution in [0.1, 0.15) is 11.1 Å². The lowest BCUT2D eigenvalue weighted by atomic mass is 10.2. The monoisotopic (exact) mass is 248 g/mol. The lowest BCUT2D eigenvalue weighted by Crippen LogP contribution is -1.91. The topological polar surface area (TPSA) is 86.0 Å². The van der Waals surface area contributed by atoms with E-state index >= 15 is 0 Å². The molecule has 2 aromatic rings. The quantitative estimate of drug-likeness (QED) is 0.464. The molecule has 0 heterocycles. The number of rotatable bonds is 2. The summed E-state index contributed by atoms with van der Waals surface area (Å²) >= 11 is 0. The van der Waals surface area contributed by atoms with Crippen molar-refractivity contribution in [2.24, 2.45) is 5.11 Å². The first-order valence-electron chi connectivity index (χ1n) is 5.42. The smallest absolute Gasteiger partial charge is 0.246 e. The minimum Gasteiger partial charge on any atom is -0.594 e. The van der Waals surface area contributed by atoms with Crippen LogP contribution in [0.15, 0.2) is 53.6 Å². The Balaban J connectivity index is 2.37. The lowest BCUT2D eigenvalue weighted by Gasteiger charge is -2.00. The fourth-order valence-corrected chi connectivity index (χ4v) is 1.49. The molecular weight excluding hydrogens is 240 g/mol. The van der Waals surface area contributed by atoms with Crippen molar-refractivity contribution in [1.82, 2.24) is 0 Å². The van der Waals surface area contributed by atoms with Crippen LogP contribution in [0.25, 0.3) is 0 Å². The van der Waals surface area contributed by atoms with E-state index in [1.54, 1.807) is 36.4 Å². The van der Waals surface area contributed by atoms with Crippen LogP contribution in [0.5, 0.6) is 0 Å². The van der Waals surface area contributed by atoms with Gasteiger partial charge < -0.3 is 5.21 Å². The Morgan fingerprint density at radius 1 is 0.947 bits per heavy atom. The van der Waals surface area contributed by atoms with E-state index in [0.717, 1.165) is 0 Å². The molecule has 0 fully saturated rings. The summed E-state index contributed by atoms with van der Waals surface area (Å²) in [5.41, 5.74) is 1.47. The van der Waals surface area contributed by atoms with Crippen molar-refractivity contribution in [3.63, 3.8) is 0 Å². The molecule has 0 amide bonds. The Kier molecular flexibility index (Phi) is 3.51. The summed E-state index contributed by atoms with van der Waals surface area (Å²) in [5.74, 6) is 0. The van der Waals surface area contributed by atoms with Gasteiger partial charge in [0.05, 0.1) is 23.3 Å². The van der Waals surface area contributed by atoms with E-state index < -0.39 is 0 Å². The second kappa shape index (κ2) is 5.44. The van der Waals surface area contributed by atoms with Crippen molar-refractivity contribution >= 4 is 11.4 Å². The molecule has 0 spiro atoms. The zero-order chi connectivity index (χ0) is 13.7. The number of nitriles is 2. The molecule has 0 unspecified atom stereocenters. The molecule has 90 valence electrons. The van der Waals surface area contributed by atoms with Gasteiger partial charge in [-0.25, -0.2) is 0 Å². The van der Waals surface area contributed by atoms with Crippen LogP contribution in [0.3, 0.4) is 0 Å². The van der Waals surface area contributed by atoms with Crippen molar-refractivity contribution in [3.05, 3.63) is 64.9 Å². The molecular formula is C14H8N4O. The average molecular weight is 248 g/mol. The predicted molar refractivity (Wildman–Crippen MR) is 67.7 cm³/mol. The average Bonchev–Trinajstić information content (AvgIpc) is 2.47. The Hall–Kier alpha value is -3.18. The van der Waals surface area contributed by atoms with E-state index in [9.17, 15) is 5.21 Å². The zero-order valence-electron chi connectivity index (χ0n) is 9.82. The second-order valence-corrected chi connectivity index (χ2v) is 3.70. The molecule has 0 saturated heterocycles. The van der Waals surface area contributed by atoms with Gasteiger partial charge in [0.15, 0.2) is 0 Å². The number of nitrogens with zero attached hydrogens (tertiary/aromatic N) is 4. The SMILES string of the molecule is N#Cc1cccc(N=[N+]([O-])c2cccc(C#N)c2)c1. The summed E-state index contributed by atoms with van der Waals surface area (Å²) in [7, 11) is 0. The summed E-state index contributed by atoms with van der Waals surface area (Å²) in [6.45, 7) is 0. The summed E-state index contributed by atoms with van der Waals surface area (Å²) in [4.78, 5) is 0.428. The van der Waals surface area contributed by atoms with Gasteiger partial charge in [-0.1, -0.05) is 17.0 Å². The summed E-state index contributed by atoms with van der Waals surface area (Å²) in [5, 5.41) is 33.2. The van der Waals surface area contributed by atoms with Crippen molar-refractivity contribution in [2.75, 3.05) is 0 Å². The van der Waals surface area contributed by atoms with E-state index in [1.165, 1.54) is 12.1 Å². The first-order valence-corrected chi connectivity index (χ1v) is 5.42. The van der Waals surface area contributed by atoms with E-state index in [4.69, 9.17) is 10.5 Å². The molecule has 19 heavy (non-hydrogen) atoms. The van der Waals surface area contributed by atoms with E-state index in [0.29, 0.717) is 21.7 Å². The first-order chi connectivity index (χ1) is 9.22. The predicted octanol–water partition coefficient (Wildman–Crippen LogP) is 3.36. The first kappa shape index (κ1) is 12.3. The molecule has 2 rings (SSSR count). The van der Waals surface area contributed by atoms with Crippen LogP contribution < -0.4 is 0 Å². The van der Waals surface area contributed by atoms with Gasteiger partial charge in [0, 0.05) is 17.2 Å². The lowest BCUT2D eigenvalue weighted by molar-refractivity contribution is -0.435. The van der Waals surface area contributed by atoms with Crippen molar-refractivity contribution in [3.8, 4) is 12.1 Å². The summed E-state index contributed by atoms with van der Waals surface area (Å²) < 4.78 is 0. The molecule has 0 aliphatic heterocycles. The molecule has 0 radical (unpaired) electrons. The van der Waals surface area contributed by atoms with Gasteiger partial charge in [-0.15, -0.1) is 0 Å². The van der Waals surface area contributed by atoms with Crippen molar-refractivity contribution in [2.45, 2.75) is 0 Å². The number of hydrogen-bond acceptors (Lipinski definition) is 4. The van der Waals surface area contributed by atoms with Gasteiger partial charge in [0.1, 0.15) is 5.69 Å². The minimum absolute atomic E-state index is 0.265. The van der Waals surface area contributed by atoms with Crippen molar-refractivity contribution < 1.29 is 4.86 Å². The molecule has 0 bridgehead atoms. The zero-order valence-corrected chi connectivity index (χ0v) is 9.82. The van der Waals surface area contributed by atoms with E-state index in [-0.39, 0.29) is 5.69 Å². The summed E-state index contributed by atoms with van der Waals surface area (Å²) in [6, 6.07) is 16.6. The Labute approximate surface area is 109 Å². The Morgan fingerprint density at radius 2 is 1.58 bits per heavy atom. The van der Waals surface area contributed by atoms with Crippen LogP contribution in [0.2, 0.25) is 0 Å². The van der Waals surface area contributed by atoms with Crippen molar-refractivity contribution in [1.29, 1.82) is 10.5 Å². The van der Waals surface area contributed by atoms with Gasteiger partial charge >= 0.3 is 0 Å². The van der Waals surface area contributed by atoms with Gasteiger partial charge in [-0.2, -0.15) is 10.5 Å². The molecule has 0 aliphatic carbocycles. The number of benzene rings is 2. The maximum absolute atomic E-state index is 11.8. The molecule has 0 atom stereocenters. The molecule has 0 aromatic heterocycles. The highest BCUT2D eigenvalue weighted by atomic mass is 16.5. The van der Waals surface area contributed by atoms with Crippen LogP contribution in [-0.4, -0.2) is 4.86 Å². The Bertz CT molecular complexity index is 723. The second-order valence-electron chi connectivity index (χ2n) is 3.70. The van der Waals surface area contributed by atoms with Gasteiger partial charge in [-0.05, 0) is 24.3 Å². The third kappa shape index (κ3) is 2.93. The molecule has 5 nitrogen and oxygen atoms in total. The third-order valence-electron chi connectivity index (χ3n) is 2.38. The highest BCUT2D eigenvalue weighted by Crippen LogP contribution is 2.19. The maximum atomic E-state index is 11.8. The Morgan fingerprint density at radius 3 is 2.26 bits per heavy atom. The normalized spacial score (nSPS) is 10.5. The fraction of sp³-hybridized carbons (Fsp3) is 0. The molecule has 0 N–H and O–H groups in total. The molecule has 5 heteroatoms. The van der Waals surface area contributed by atoms with Gasteiger partial charge in [-0.3, -0.25) is 0 Å². The largest absolute Gasteiger partial charge is 0.594 e. The highest BCUT2D eigenvalue weighted by Gasteiger charge is 2.05. The fourth-order valence-electron chi connectivity index (χ4n) is 1.49. The third-order valence-corrected chi connectivity index (χ3v) is 2.38. The highest BCUT2D eigenvalue weighted by molar-refractivity contribution is 5.44. The molecule has 2 aromatic carbocycles. The van der Waals surface area contributed by atoms with Gasteiger partial charge in [0.25, 0.3) is 0 Å². The standard InChI is InChI=1S/C14H8N4O/c15-9-11-3-1-5-13(7-11)17-18(19)14-6-2-4-12(8-14)10-16/h1-8H. The van der Waals surface area contributed by atoms with Crippen LogP contribution in [0, 0.1) is 27.9 Å². The van der Waals surface area contributed by atoms with E-state index in [1.807, 2.05) is 12.1 Å². The van der Waals surface area contributed by atoms with Crippen LogP contribution in [-0.2, 0) is 0 Å². The minimum atomic E-state index is 0.265. The molecule has 0 saturated carbocycles. The van der Waals surface area contributed by atoms with Gasteiger partial charge in [0.2, 0.25) is 5.69 Å². The van der Waals surface area contributed by atoms with Crippen LogP contribution in [0.4, 0.5) is 11.4 Å². The maximum Gasteiger partial charge on any atom is 0.246 e. The van der Waals surface area contributed by atoms with Crippen LogP contribution >= 0.6 is 0 Å². The number of hydrogen-bond donors (Lipinski definition) is 0. The van der Waals surface area contributed by atoms with E-state index in [2.05, 4.69) is 5.11 Å². The number of azo groups is 1.